The van der Waals surface area contributed by atoms with Crippen molar-refractivity contribution < 1.29 is 4.79 Å². The van der Waals surface area contributed by atoms with Crippen LogP contribution in [0.25, 0.3) is 10.9 Å². The number of hydrogen-bond acceptors (Lipinski definition) is 3. The van der Waals surface area contributed by atoms with Crippen molar-refractivity contribution in [3.63, 3.8) is 0 Å². The van der Waals surface area contributed by atoms with Gasteiger partial charge in [0.15, 0.2) is 0 Å². The Labute approximate surface area is 114 Å². The fraction of sp³-hybridized carbons (Fsp3) is 0.143. The third-order valence-electron chi connectivity index (χ3n) is 3.26. The number of rotatable bonds is 3. The van der Waals surface area contributed by atoms with Gasteiger partial charge in [-0.25, -0.2) is 0 Å². The van der Waals surface area contributed by atoms with Crippen LogP contribution in [0.3, 0.4) is 0 Å². The minimum atomic E-state index is -0.419. The van der Waals surface area contributed by atoms with Gasteiger partial charge in [0.05, 0.1) is 11.2 Å². The number of nitrogens with two attached hydrogens (primary N) is 1. The van der Waals surface area contributed by atoms with Gasteiger partial charge in [0, 0.05) is 21.7 Å². The number of hydrogen-bond donors (Lipinski definition) is 2. The van der Waals surface area contributed by atoms with Gasteiger partial charge in [0.2, 0.25) is 5.91 Å². The summed E-state index contributed by atoms with van der Waals surface area (Å²) in [4.78, 5) is 12.5. The van der Waals surface area contributed by atoms with Crippen LogP contribution in [0.15, 0.2) is 35.7 Å². The number of nitrogens with one attached hydrogen (secondary N) is 1. The molecular weight excluding hydrogens is 258 g/mol. The Kier molecular flexibility index (Phi) is 2.83. The smallest absolute Gasteiger partial charge is 0.248 e. The van der Waals surface area contributed by atoms with Crippen LogP contribution < -0.4 is 5.73 Å². The summed E-state index contributed by atoms with van der Waals surface area (Å²) in [6, 6.07) is 9.48. The number of benzene rings is 1. The molecule has 0 aliphatic heterocycles. The van der Waals surface area contributed by atoms with Gasteiger partial charge in [-0.2, -0.15) is 5.10 Å². The summed E-state index contributed by atoms with van der Waals surface area (Å²) in [5.74, 6) is -0.227. The maximum atomic E-state index is 11.3. The average Bonchev–Trinajstić information content (AvgIpc) is 3.06. The van der Waals surface area contributed by atoms with E-state index in [2.05, 4.69) is 28.6 Å². The molecule has 0 aliphatic rings. The zero-order valence-corrected chi connectivity index (χ0v) is 11.2. The summed E-state index contributed by atoms with van der Waals surface area (Å²) in [5, 5.41) is 10.4. The van der Waals surface area contributed by atoms with Crippen molar-refractivity contribution in [2.75, 3.05) is 0 Å². The number of nitrogens with zero attached hydrogens (tertiary/aromatic N) is 1. The molecule has 0 aliphatic carbocycles. The topological polar surface area (TPSA) is 71.8 Å². The van der Waals surface area contributed by atoms with Crippen LogP contribution in [0.5, 0.6) is 0 Å². The Balaban J connectivity index is 2.13. The molecule has 2 aromatic heterocycles. The fourth-order valence-electron chi connectivity index (χ4n) is 2.19. The SMILES string of the molecule is C[C@@H](c1cccs1)c1n[nH]c2ccc(C(N)=O)cc12. The van der Waals surface area contributed by atoms with Crippen molar-refractivity contribution >= 4 is 28.1 Å². The second-order valence-corrected chi connectivity index (χ2v) is 5.45. The Hall–Kier alpha value is -2.14. The van der Waals surface area contributed by atoms with Crippen LogP contribution in [0, 0.1) is 0 Å². The predicted molar refractivity (Wildman–Crippen MR) is 76.4 cm³/mol. The van der Waals surface area contributed by atoms with E-state index in [4.69, 9.17) is 5.73 Å². The van der Waals surface area contributed by atoms with Crippen LogP contribution in [-0.4, -0.2) is 16.1 Å². The number of aromatic amines is 1. The second kappa shape index (κ2) is 4.51. The van der Waals surface area contributed by atoms with E-state index in [1.165, 1.54) is 4.88 Å². The van der Waals surface area contributed by atoms with E-state index < -0.39 is 5.91 Å². The molecule has 1 atom stereocenters. The molecule has 0 unspecified atom stereocenters. The average molecular weight is 271 g/mol. The van der Waals surface area contributed by atoms with Crippen molar-refractivity contribution in [3.05, 3.63) is 51.8 Å². The van der Waals surface area contributed by atoms with Crippen LogP contribution in [0.4, 0.5) is 0 Å². The number of primary amides is 1. The lowest BCUT2D eigenvalue weighted by atomic mass is 10.0. The lowest BCUT2D eigenvalue weighted by Crippen LogP contribution is -2.10. The van der Waals surface area contributed by atoms with Gasteiger partial charge in [0.25, 0.3) is 0 Å². The van der Waals surface area contributed by atoms with E-state index in [-0.39, 0.29) is 5.92 Å². The summed E-state index contributed by atoms with van der Waals surface area (Å²) in [7, 11) is 0. The van der Waals surface area contributed by atoms with Gasteiger partial charge in [-0.1, -0.05) is 13.0 Å². The Morgan fingerprint density at radius 1 is 1.42 bits per heavy atom. The zero-order chi connectivity index (χ0) is 13.4. The summed E-state index contributed by atoms with van der Waals surface area (Å²) in [6.45, 7) is 2.11. The first-order chi connectivity index (χ1) is 9.16. The number of amides is 1. The van der Waals surface area contributed by atoms with Gasteiger partial charge in [-0.15, -0.1) is 11.3 Å². The lowest BCUT2D eigenvalue weighted by molar-refractivity contribution is 0.100. The molecule has 0 fully saturated rings. The Bertz CT molecular complexity index is 730. The number of thiophene rings is 1. The third kappa shape index (κ3) is 2.02. The highest BCUT2D eigenvalue weighted by Crippen LogP contribution is 2.31. The molecule has 0 radical (unpaired) electrons. The molecule has 3 N–H and O–H groups in total. The second-order valence-electron chi connectivity index (χ2n) is 4.47. The lowest BCUT2D eigenvalue weighted by Gasteiger charge is -2.06. The van der Waals surface area contributed by atoms with Gasteiger partial charge in [-0.3, -0.25) is 9.89 Å². The first-order valence-corrected chi connectivity index (χ1v) is 6.86. The molecule has 0 spiro atoms. The highest BCUT2D eigenvalue weighted by molar-refractivity contribution is 7.10. The number of aromatic nitrogens is 2. The van der Waals surface area contributed by atoms with E-state index in [1.54, 1.807) is 23.5 Å². The van der Waals surface area contributed by atoms with E-state index >= 15 is 0 Å². The largest absolute Gasteiger partial charge is 0.366 e. The first-order valence-electron chi connectivity index (χ1n) is 5.98. The number of H-pyrrole nitrogens is 1. The van der Waals surface area contributed by atoms with Crippen LogP contribution >= 0.6 is 11.3 Å². The number of carbonyl (C=O) groups is 1. The highest BCUT2D eigenvalue weighted by Gasteiger charge is 2.16. The summed E-state index contributed by atoms with van der Waals surface area (Å²) in [5.41, 5.74) is 7.70. The molecule has 1 aromatic carbocycles. The predicted octanol–water partition coefficient (Wildman–Crippen LogP) is 2.88. The normalized spacial score (nSPS) is 12.7. The van der Waals surface area contributed by atoms with Crippen molar-refractivity contribution in [3.8, 4) is 0 Å². The number of carbonyl (C=O) groups excluding carboxylic acids is 1. The zero-order valence-electron chi connectivity index (χ0n) is 10.4. The van der Waals surface area contributed by atoms with Gasteiger partial charge >= 0.3 is 0 Å². The van der Waals surface area contributed by atoms with Crippen LogP contribution in [-0.2, 0) is 0 Å². The fourth-order valence-corrected chi connectivity index (χ4v) is 2.98. The highest BCUT2D eigenvalue weighted by atomic mass is 32.1. The molecule has 0 bridgehead atoms. The minimum absolute atomic E-state index is 0.192. The summed E-state index contributed by atoms with van der Waals surface area (Å²) >= 11 is 1.70. The standard InChI is InChI=1S/C14H13N3OS/c1-8(12-3-2-6-19-12)13-10-7-9(14(15)18)4-5-11(10)16-17-13/h2-8H,1H3,(H2,15,18)(H,16,17)/t8-/m0/s1. The molecule has 2 heterocycles. The maximum Gasteiger partial charge on any atom is 0.248 e. The molecule has 3 aromatic rings. The molecule has 0 saturated carbocycles. The molecule has 3 rings (SSSR count). The van der Waals surface area contributed by atoms with Crippen molar-refractivity contribution in [2.24, 2.45) is 5.73 Å². The molecule has 4 nitrogen and oxygen atoms in total. The van der Waals surface area contributed by atoms with Gasteiger partial charge in [-0.05, 0) is 29.6 Å². The van der Waals surface area contributed by atoms with Crippen molar-refractivity contribution in [1.82, 2.24) is 10.2 Å². The van der Waals surface area contributed by atoms with Crippen molar-refractivity contribution in [1.29, 1.82) is 0 Å². The quantitative estimate of drug-likeness (QED) is 0.768. The monoisotopic (exact) mass is 271 g/mol. The molecule has 19 heavy (non-hydrogen) atoms. The van der Waals surface area contributed by atoms with E-state index in [0.717, 1.165) is 16.6 Å². The first kappa shape index (κ1) is 11.9. The number of fused-ring (bicyclic) bond motifs is 1. The molecular formula is C14H13N3OS. The minimum Gasteiger partial charge on any atom is -0.366 e. The van der Waals surface area contributed by atoms with Gasteiger partial charge < -0.3 is 5.73 Å². The van der Waals surface area contributed by atoms with Crippen molar-refractivity contribution in [2.45, 2.75) is 12.8 Å². The van der Waals surface area contributed by atoms with E-state index in [1.807, 2.05) is 12.1 Å². The molecule has 1 amide bonds. The van der Waals surface area contributed by atoms with E-state index in [9.17, 15) is 4.79 Å². The summed E-state index contributed by atoms with van der Waals surface area (Å²) in [6.07, 6.45) is 0. The van der Waals surface area contributed by atoms with Gasteiger partial charge in [0.1, 0.15) is 0 Å². The molecule has 96 valence electrons. The van der Waals surface area contributed by atoms with E-state index in [0.29, 0.717) is 5.56 Å². The third-order valence-corrected chi connectivity index (χ3v) is 4.31. The summed E-state index contributed by atoms with van der Waals surface area (Å²) < 4.78 is 0. The van der Waals surface area contributed by atoms with Crippen LogP contribution in [0.2, 0.25) is 0 Å². The molecule has 5 heteroatoms. The molecule has 0 saturated heterocycles. The Morgan fingerprint density at radius 3 is 2.95 bits per heavy atom. The Morgan fingerprint density at radius 2 is 2.26 bits per heavy atom. The maximum absolute atomic E-state index is 11.3. The van der Waals surface area contributed by atoms with Crippen LogP contribution in [0.1, 0.15) is 33.8 Å².